The van der Waals surface area contributed by atoms with Crippen molar-refractivity contribution < 1.29 is 0 Å². The zero-order valence-electron chi connectivity index (χ0n) is 43.3. The van der Waals surface area contributed by atoms with E-state index < -0.39 is 0 Å². The number of hydrogen-bond acceptors (Lipinski definition) is 2. The van der Waals surface area contributed by atoms with E-state index in [4.69, 9.17) is 0 Å². The third-order valence-electron chi connectivity index (χ3n) is 15.5. The van der Waals surface area contributed by atoms with Crippen molar-refractivity contribution >= 4 is 34.1 Å². The Morgan fingerprint density at radius 3 is 0.597 bits per heavy atom. The van der Waals surface area contributed by atoms with Gasteiger partial charge in [-0.15, -0.1) is 0 Å². The molecule has 0 atom stereocenters. The van der Waals surface area contributed by atoms with Gasteiger partial charge >= 0.3 is 0 Å². The Kier molecular flexibility index (Phi) is 12.3. The topological polar surface area (TPSA) is 6.48 Å². The highest BCUT2D eigenvalue weighted by Crippen LogP contribution is 2.53. The molecular weight excluding hydrogens is 929 g/mol. The molecule has 0 aromatic heterocycles. The summed E-state index contributed by atoms with van der Waals surface area (Å²) in [6, 6.07) is 110. The fourth-order valence-electron chi connectivity index (χ4n) is 11.3. The van der Waals surface area contributed by atoms with Gasteiger partial charge in [-0.25, -0.2) is 0 Å². The monoisotopic (exact) mass is 984 g/mol. The van der Waals surface area contributed by atoms with Crippen LogP contribution < -0.4 is 9.80 Å². The van der Waals surface area contributed by atoms with Gasteiger partial charge in [-0.1, -0.05) is 244 Å². The summed E-state index contributed by atoms with van der Waals surface area (Å²) in [6.45, 7) is 4.78. The highest BCUT2D eigenvalue weighted by atomic mass is 15.1. The Bertz CT molecular complexity index is 3750. The van der Waals surface area contributed by atoms with Crippen molar-refractivity contribution in [3.05, 3.63) is 314 Å². The van der Waals surface area contributed by atoms with Gasteiger partial charge in [0.2, 0.25) is 0 Å². The van der Waals surface area contributed by atoms with Gasteiger partial charge in [0.05, 0.1) is 0 Å². The van der Waals surface area contributed by atoms with Crippen LogP contribution in [0.1, 0.15) is 25.0 Å². The number of fused-ring (bicyclic) bond motifs is 3. The summed E-state index contributed by atoms with van der Waals surface area (Å²) in [7, 11) is 0. The van der Waals surface area contributed by atoms with Gasteiger partial charge in [-0.3, -0.25) is 0 Å². The molecule has 0 aliphatic heterocycles. The number of nitrogens with zero attached hydrogens (tertiary/aromatic N) is 2. The van der Waals surface area contributed by atoms with Crippen molar-refractivity contribution in [2.75, 3.05) is 9.80 Å². The zero-order valence-corrected chi connectivity index (χ0v) is 43.3. The van der Waals surface area contributed by atoms with Gasteiger partial charge in [-0.05, 0) is 162 Å². The molecule has 0 saturated heterocycles. The van der Waals surface area contributed by atoms with Gasteiger partial charge in [-0.2, -0.15) is 0 Å². The molecule has 0 amide bonds. The Morgan fingerprint density at radius 1 is 0.195 bits per heavy atom. The molecule has 0 bridgehead atoms. The van der Waals surface area contributed by atoms with Crippen LogP contribution in [0.3, 0.4) is 0 Å². The lowest BCUT2D eigenvalue weighted by Crippen LogP contribution is -2.17. The minimum atomic E-state index is -0.298. The van der Waals surface area contributed by atoms with E-state index in [2.05, 4.69) is 327 Å². The molecule has 0 saturated carbocycles. The summed E-state index contributed by atoms with van der Waals surface area (Å²) < 4.78 is 0. The first-order valence-electron chi connectivity index (χ1n) is 26.6. The van der Waals surface area contributed by atoms with Crippen LogP contribution in [0.5, 0.6) is 0 Å². The third kappa shape index (κ3) is 9.21. The maximum absolute atomic E-state index is 2.43. The summed E-state index contributed by atoms with van der Waals surface area (Å²) >= 11 is 0. The first-order chi connectivity index (χ1) is 37.9. The highest BCUT2D eigenvalue weighted by Gasteiger charge is 2.37. The molecule has 12 aromatic rings. The van der Waals surface area contributed by atoms with E-state index in [9.17, 15) is 0 Å². The molecule has 366 valence electrons. The first kappa shape index (κ1) is 47.0. The van der Waals surface area contributed by atoms with Crippen LogP contribution in [0.2, 0.25) is 0 Å². The molecule has 0 radical (unpaired) electrons. The molecular formula is C75H56N2. The summed E-state index contributed by atoms with van der Waals surface area (Å²) in [5, 5.41) is 0. The Balaban J connectivity index is 0.858. The second kappa shape index (κ2) is 20.2. The average molecular weight is 985 g/mol. The lowest BCUT2D eigenvalue weighted by atomic mass is 9.82. The van der Waals surface area contributed by atoms with E-state index >= 15 is 0 Å². The van der Waals surface area contributed by atoms with Gasteiger partial charge in [0, 0.05) is 39.5 Å². The van der Waals surface area contributed by atoms with Crippen molar-refractivity contribution in [2.24, 2.45) is 0 Å². The standard InChI is InChI=1S/C75H56N2/c1-75(2)73-51-69(76(65-39-31-61(32-40-65)55-19-11-5-12-20-55)66-41-33-62(34-42-66)56-21-13-6-14-22-56)47-49-71(73)72-50-48-70(52-74(72)75)77(67-43-35-63(36-44-67)59-27-23-57(24-28-59)53-15-7-3-8-16-53)68-45-37-64(38-46-68)60-29-25-58(26-30-60)54-17-9-4-10-18-54/h3-52H,1-2H3. The minimum absolute atomic E-state index is 0.298. The van der Waals surface area contributed by atoms with Crippen molar-refractivity contribution in [2.45, 2.75) is 19.3 Å². The number of rotatable bonds is 12. The predicted octanol–water partition coefficient (Wildman–Crippen LogP) is 20.9. The Hall–Kier alpha value is -9.76. The van der Waals surface area contributed by atoms with Crippen LogP contribution in [0.15, 0.2) is 303 Å². The van der Waals surface area contributed by atoms with E-state index in [1.807, 2.05) is 0 Å². The summed E-state index contributed by atoms with van der Waals surface area (Å²) in [6.07, 6.45) is 0. The van der Waals surface area contributed by atoms with Crippen LogP contribution in [0, 0.1) is 0 Å². The summed E-state index contributed by atoms with van der Waals surface area (Å²) in [5.74, 6) is 0. The minimum Gasteiger partial charge on any atom is -0.310 e. The molecule has 0 unspecified atom stereocenters. The van der Waals surface area contributed by atoms with E-state index in [1.165, 1.54) is 89.0 Å². The SMILES string of the molecule is CC1(C)c2cc(N(c3ccc(-c4ccccc4)cc3)c3ccc(-c4ccccc4)cc3)ccc2-c2ccc(N(c3ccc(-c4ccc(-c5ccccc5)cc4)cc3)c3ccc(-c4ccc(-c5ccccc5)cc4)cc3)cc21. The second-order valence-corrected chi connectivity index (χ2v) is 20.6. The lowest BCUT2D eigenvalue weighted by molar-refractivity contribution is 0.660. The first-order valence-corrected chi connectivity index (χ1v) is 26.6. The normalized spacial score (nSPS) is 12.1. The van der Waals surface area contributed by atoms with Gasteiger partial charge in [0.25, 0.3) is 0 Å². The Labute approximate surface area is 453 Å². The van der Waals surface area contributed by atoms with E-state index in [0.717, 1.165) is 34.1 Å². The summed E-state index contributed by atoms with van der Waals surface area (Å²) in [4.78, 5) is 4.81. The largest absolute Gasteiger partial charge is 0.310 e. The fourth-order valence-corrected chi connectivity index (χ4v) is 11.3. The molecule has 2 heteroatoms. The maximum Gasteiger partial charge on any atom is 0.0465 e. The third-order valence-corrected chi connectivity index (χ3v) is 15.5. The van der Waals surface area contributed by atoms with Crippen LogP contribution in [-0.2, 0) is 5.41 Å². The smallest absolute Gasteiger partial charge is 0.0465 e. The molecule has 0 spiro atoms. The van der Waals surface area contributed by atoms with Crippen LogP contribution in [-0.4, -0.2) is 0 Å². The van der Waals surface area contributed by atoms with E-state index in [-0.39, 0.29) is 5.41 Å². The average Bonchev–Trinajstić information content (AvgIpc) is 3.92. The number of hydrogen-bond donors (Lipinski definition) is 0. The molecule has 0 fully saturated rings. The van der Waals surface area contributed by atoms with Gasteiger partial charge in [0.1, 0.15) is 0 Å². The molecule has 0 N–H and O–H groups in total. The summed E-state index contributed by atoms with van der Waals surface area (Å²) in [5.41, 5.74) is 25.9. The molecule has 1 aliphatic rings. The van der Waals surface area contributed by atoms with Crippen molar-refractivity contribution in [3.63, 3.8) is 0 Å². The molecule has 1 aliphatic carbocycles. The fraction of sp³-hybridized carbons (Fsp3) is 0.0400. The molecule has 12 aromatic carbocycles. The highest BCUT2D eigenvalue weighted by molar-refractivity contribution is 5.89. The maximum atomic E-state index is 2.43. The van der Waals surface area contributed by atoms with Crippen molar-refractivity contribution in [1.82, 2.24) is 0 Å². The van der Waals surface area contributed by atoms with Crippen molar-refractivity contribution in [3.8, 4) is 77.9 Å². The Morgan fingerprint density at radius 2 is 0.377 bits per heavy atom. The van der Waals surface area contributed by atoms with Gasteiger partial charge < -0.3 is 9.80 Å². The number of benzene rings is 12. The molecule has 77 heavy (non-hydrogen) atoms. The molecule has 0 heterocycles. The zero-order chi connectivity index (χ0) is 51.7. The second-order valence-electron chi connectivity index (χ2n) is 20.6. The molecule has 13 rings (SSSR count). The van der Waals surface area contributed by atoms with Crippen molar-refractivity contribution in [1.29, 1.82) is 0 Å². The quantitative estimate of drug-likeness (QED) is 0.120. The van der Waals surface area contributed by atoms with Crippen LogP contribution >= 0.6 is 0 Å². The van der Waals surface area contributed by atoms with Gasteiger partial charge in [0.15, 0.2) is 0 Å². The lowest BCUT2D eigenvalue weighted by Gasteiger charge is -2.29. The van der Waals surface area contributed by atoms with Crippen LogP contribution in [0.25, 0.3) is 77.9 Å². The molecule has 2 nitrogen and oxygen atoms in total. The van der Waals surface area contributed by atoms with E-state index in [1.54, 1.807) is 0 Å². The van der Waals surface area contributed by atoms with Crippen LogP contribution in [0.4, 0.5) is 34.1 Å². The van der Waals surface area contributed by atoms with E-state index in [0.29, 0.717) is 0 Å². The number of anilines is 6. The predicted molar refractivity (Wildman–Crippen MR) is 326 cm³/mol.